The third kappa shape index (κ3) is 23.2. The Morgan fingerprint density at radius 1 is 0.412 bits per heavy atom. The van der Waals surface area contributed by atoms with Gasteiger partial charge in [0.05, 0.1) is 76.1 Å². The fraction of sp³-hybridized carbons (Fsp3) is 0.414. The number of rotatable bonds is 23. The smallest absolute Gasteiger partial charge is 0.310 e. The van der Waals surface area contributed by atoms with E-state index < -0.39 is 11.6 Å². The van der Waals surface area contributed by atoms with E-state index in [9.17, 15) is 18.4 Å². The van der Waals surface area contributed by atoms with Crippen molar-refractivity contribution in [2.24, 2.45) is 11.8 Å². The maximum absolute atomic E-state index is 14.8. The van der Waals surface area contributed by atoms with Gasteiger partial charge in [-0.25, -0.2) is 43.7 Å². The first-order valence-electron chi connectivity index (χ1n) is 44.1. The van der Waals surface area contributed by atoms with Crippen LogP contribution in [-0.2, 0) is 33.3 Å². The lowest BCUT2D eigenvalue weighted by Crippen LogP contribution is -2.43. The number of morpholine rings is 3. The molecule has 7 fully saturated rings. The summed E-state index contributed by atoms with van der Waals surface area (Å²) in [6, 6.07) is 37.6. The molecule has 0 aliphatic carbocycles. The Bertz CT molecular complexity index is 5550. The van der Waals surface area contributed by atoms with Crippen LogP contribution < -0.4 is 78.9 Å². The summed E-state index contributed by atoms with van der Waals surface area (Å²) in [6.45, 7) is 21.5. The Balaban J connectivity index is 0.000000129. The van der Waals surface area contributed by atoms with Crippen LogP contribution in [-0.4, -0.2) is 275 Å². The number of nitrogens with one attached hydrogen (secondary N) is 5. The number of pyridine rings is 1. The van der Waals surface area contributed by atoms with E-state index in [1.165, 1.54) is 87.0 Å². The van der Waals surface area contributed by atoms with Crippen molar-refractivity contribution in [1.82, 2.24) is 104 Å². The third-order valence-electron chi connectivity index (χ3n) is 23.1. The molecule has 19 rings (SSSR count). The van der Waals surface area contributed by atoms with Gasteiger partial charge in [-0.05, 0) is 169 Å². The Hall–Kier alpha value is -14.4. The molecule has 0 saturated carbocycles. The average molecular weight is 1800 g/mol. The van der Waals surface area contributed by atoms with E-state index in [4.69, 9.17) is 46.6 Å². The fourth-order valence-corrected chi connectivity index (χ4v) is 16.2. The van der Waals surface area contributed by atoms with Crippen molar-refractivity contribution in [3.8, 4) is 23.3 Å². The normalized spacial score (nSPS) is 17.4. The van der Waals surface area contributed by atoms with Gasteiger partial charge in [0.1, 0.15) is 48.1 Å². The molecule has 2 atom stereocenters. The van der Waals surface area contributed by atoms with Crippen LogP contribution >= 0.6 is 0 Å². The summed E-state index contributed by atoms with van der Waals surface area (Å²) in [5.41, 5.74) is 30.8. The number of piperidine rings is 3. The molecule has 15 heterocycles. The van der Waals surface area contributed by atoms with Crippen LogP contribution in [0.15, 0.2) is 147 Å². The van der Waals surface area contributed by atoms with Crippen molar-refractivity contribution < 1.29 is 42.1 Å². The number of carbonyl (C=O) groups is 2. The van der Waals surface area contributed by atoms with Crippen LogP contribution in [0.2, 0.25) is 0 Å². The molecule has 0 spiro atoms. The van der Waals surface area contributed by atoms with E-state index in [0.29, 0.717) is 111 Å². The maximum Gasteiger partial charge on any atom is 0.310 e. The van der Waals surface area contributed by atoms with E-state index in [-0.39, 0.29) is 64.9 Å². The number of piperazine rings is 1. The van der Waals surface area contributed by atoms with Gasteiger partial charge in [0.25, 0.3) is 0 Å². The Morgan fingerprint density at radius 2 is 0.794 bits per heavy atom. The second-order valence-corrected chi connectivity index (χ2v) is 31.9. The number of likely N-dealkylation sites (tertiary alicyclic amines) is 1. The Labute approximate surface area is 754 Å². The molecule has 42 nitrogen and oxygen atoms in total. The zero-order valence-electron chi connectivity index (χ0n) is 73.4. The predicted molar refractivity (Wildman–Crippen MR) is 493 cm³/mol. The van der Waals surface area contributed by atoms with Crippen molar-refractivity contribution >= 4 is 117 Å². The molecular formula is C87H109F2N35O7. The second kappa shape index (κ2) is 43.2. The van der Waals surface area contributed by atoms with Crippen molar-refractivity contribution in [1.29, 1.82) is 0 Å². The number of esters is 2. The molecular weight excluding hydrogens is 1690 g/mol. The zero-order chi connectivity index (χ0) is 90.5. The minimum Gasteiger partial charge on any atom is -0.466 e. The molecule has 7 saturated heterocycles. The Kier molecular flexibility index (Phi) is 29.7. The van der Waals surface area contributed by atoms with E-state index in [1.807, 2.05) is 58.3 Å². The molecule has 44 heteroatoms. The summed E-state index contributed by atoms with van der Waals surface area (Å²) in [4.78, 5) is 86.9. The quantitative estimate of drug-likeness (QED) is 0.0277. The molecule has 0 unspecified atom stereocenters. The van der Waals surface area contributed by atoms with Gasteiger partial charge in [0, 0.05) is 144 Å². The van der Waals surface area contributed by atoms with E-state index >= 15 is 0 Å². The van der Waals surface area contributed by atoms with Gasteiger partial charge in [-0.1, -0.05) is 18.2 Å². The van der Waals surface area contributed by atoms with E-state index in [0.717, 1.165) is 146 Å². The summed E-state index contributed by atoms with van der Waals surface area (Å²) in [5.74, 6) is 5.07. The molecule has 8 aromatic heterocycles. The molecule has 4 aromatic carbocycles. The lowest BCUT2D eigenvalue weighted by molar-refractivity contribution is -0.149. The number of ether oxygens (including phenoxy) is 5. The number of hydrogen-bond donors (Lipinski definition) is 9. The molecule has 0 radical (unpaired) electrons. The topological polar surface area (TPSA) is 480 Å². The van der Waals surface area contributed by atoms with Gasteiger partial charge >= 0.3 is 11.9 Å². The Morgan fingerprint density at radius 3 is 1.20 bits per heavy atom. The van der Waals surface area contributed by atoms with Crippen LogP contribution in [0.4, 0.5) is 114 Å². The van der Waals surface area contributed by atoms with Crippen LogP contribution in [0.1, 0.15) is 63.9 Å². The van der Waals surface area contributed by atoms with Crippen LogP contribution in [0.5, 0.6) is 0 Å². The highest BCUT2D eigenvalue weighted by atomic mass is 19.1. The van der Waals surface area contributed by atoms with Gasteiger partial charge in [-0.15, -0.1) is 20.4 Å². The average Bonchev–Trinajstić information content (AvgIpc) is 1.85. The lowest BCUT2D eigenvalue weighted by atomic mass is 9.89. The number of nitrogens with two attached hydrogens (primary N) is 4. The summed E-state index contributed by atoms with van der Waals surface area (Å²) >= 11 is 0. The lowest BCUT2D eigenvalue weighted by Gasteiger charge is -2.32. The van der Waals surface area contributed by atoms with Crippen molar-refractivity contribution in [3.05, 3.63) is 164 Å². The summed E-state index contributed by atoms with van der Waals surface area (Å²) in [5, 5.41) is 33.2. The first-order chi connectivity index (χ1) is 64.0. The van der Waals surface area contributed by atoms with Crippen LogP contribution in [0, 0.1) is 23.5 Å². The number of hydrogen-bond acceptors (Lipinski definition) is 38. The molecule has 0 amide bonds. The minimum absolute atomic E-state index is 0.0838. The van der Waals surface area contributed by atoms with Crippen molar-refractivity contribution in [3.63, 3.8) is 0 Å². The van der Waals surface area contributed by atoms with Gasteiger partial charge < -0.3 is 108 Å². The molecule has 13 N–H and O–H groups in total. The second-order valence-electron chi connectivity index (χ2n) is 31.9. The number of nitrogens with zero attached hydrogens (tertiary/aromatic N) is 26. The summed E-state index contributed by atoms with van der Waals surface area (Å²) in [6.07, 6.45) is 11.7. The number of carbonyl (C=O) groups excluding carboxylic acids is 2. The van der Waals surface area contributed by atoms with Gasteiger partial charge in [-0.2, -0.15) is 38.7 Å². The SMILES string of the molecule is CCOC(=O)[C@@H]1CCCN(c2cc(-n3nc(Nc4ccc(N5CCOCC5)cc4F)nc3N)ncn2)C1.CCOC(=O)[C@H]1CCCN(c2cc(-n3nc(Nc4ccc(N5CCOCC5)cc4F)nc3N)ncn2)C1.CN1CCC(c2ccc(Nc3nc(N)n(-c4ccccn4)n3)cc2)CC1.Nc1nc(Nc2ccc(N3CCOCC3)cc2)nn1-c1cc(N2CCNCC2)ncn1. The van der Waals surface area contributed by atoms with Crippen LogP contribution in [0.25, 0.3) is 23.3 Å². The molecule has 12 aromatic rings. The first kappa shape index (κ1) is 90.0. The van der Waals surface area contributed by atoms with Gasteiger partial charge in [0.2, 0.25) is 47.6 Å². The number of benzene rings is 4. The highest BCUT2D eigenvalue weighted by Gasteiger charge is 2.32. The maximum atomic E-state index is 14.8. The van der Waals surface area contributed by atoms with Crippen molar-refractivity contribution in [2.45, 2.75) is 58.3 Å². The van der Waals surface area contributed by atoms with Gasteiger partial charge in [-0.3, -0.25) is 9.59 Å². The minimum atomic E-state index is -0.426. The summed E-state index contributed by atoms with van der Waals surface area (Å²) < 4.78 is 62.0. The highest BCUT2D eigenvalue weighted by molar-refractivity contribution is 5.75. The predicted octanol–water partition coefficient (Wildman–Crippen LogP) is 7.70. The van der Waals surface area contributed by atoms with E-state index in [1.54, 1.807) is 44.3 Å². The number of aromatic nitrogens is 19. The first-order valence-corrected chi connectivity index (χ1v) is 44.1. The number of halogens is 2. The molecule has 688 valence electrons. The molecule has 0 bridgehead atoms. The summed E-state index contributed by atoms with van der Waals surface area (Å²) in [7, 11) is 2.19. The number of anilines is 18. The monoisotopic (exact) mass is 1790 g/mol. The highest BCUT2D eigenvalue weighted by Crippen LogP contribution is 2.34. The van der Waals surface area contributed by atoms with E-state index in [2.05, 4.69) is 170 Å². The standard InChI is InChI=1S/2C24H30FN9O3.C20H26N10O.C19H23N7/c2*1-2-37-22(35)16-4-3-7-33(14-16)20-13-21(28-15-27-20)34-23(26)30-24(31-34)29-19-6-5-17(12-18(19)25)32-8-10-36-11-9-32;21-19-26-20(25-15-1-3-16(4-2-15)28-9-11-31-12-10-28)27-30(19)18-13-17(23-14-24-18)29-7-5-22-6-8-29;1-25-12-9-15(10-13-25)14-5-7-16(8-6-14)22-19-23-18(20)26(24-19)17-4-2-3-11-21-17/h2*5-6,12-13,15-16H,2-4,7-11,14H2,1H3,(H3,26,29,30,31);1-4,13-14,22H,5-12H2,(H3,21,25,26,27);2-8,11,15H,9-10,12-13H2,1H3,(H3,20,22,23,24)/t2*16-;;/m10../s1. The molecule has 7 aliphatic heterocycles. The molecule has 131 heavy (non-hydrogen) atoms. The fourth-order valence-electron chi connectivity index (χ4n) is 16.2. The molecule has 7 aliphatic rings. The van der Waals surface area contributed by atoms with Gasteiger partial charge in [0.15, 0.2) is 23.3 Å². The van der Waals surface area contributed by atoms with Crippen LogP contribution in [0.3, 0.4) is 0 Å². The number of nitrogen functional groups attached to an aromatic ring is 4. The zero-order valence-corrected chi connectivity index (χ0v) is 73.4. The largest absolute Gasteiger partial charge is 0.466 e. The van der Waals surface area contributed by atoms with Crippen molar-refractivity contribution in [2.75, 3.05) is 238 Å². The third-order valence-corrected chi connectivity index (χ3v) is 23.1.